The fourth-order valence-corrected chi connectivity index (χ4v) is 6.99. The number of nitrogens with zero attached hydrogens (tertiary/aromatic N) is 1. The molecule has 4 nitrogen and oxygen atoms in total. The minimum Gasteiger partial charge on any atom is -0.455 e. The molecule has 0 amide bonds. The molecule has 0 aromatic rings. The third kappa shape index (κ3) is 2.29. The molecule has 3 heterocycles. The minimum atomic E-state index is -0.312. The summed E-state index contributed by atoms with van der Waals surface area (Å²) in [7, 11) is 0. The lowest BCUT2D eigenvalue weighted by molar-refractivity contribution is -0.168. The highest BCUT2D eigenvalue weighted by atomic mass is 16.7. The summed E-state index contributed by atoms with van der Waals surface area (Å²) in [5, 5.41) is 0. The first-order valence-corrected chi connectivity index (χ1v) is 10.6. The van der Waals surface area contributed by atoms with Gasteiger partial charge in [-0.05, 0) is 63.8 Å². The van der Waals surface area contributed by atoms with Crippen LogP contribution in [-0.2, 0) is 14.3 Å². The molecule has 8 atom stereocenters. The number of likely N-dealkylation sites (tertiary alicyclic amines) is 1. The first-order valence-electron chi connectivity index (χ1n) is 10.6. The Labute approximate surface area is 151 Å². The first kappa shape index (κ1) is 16.6. The number of hydrogen-bond acceptors (Lipinski definition) is 4. The first-order chi connectivity index (χ1) is 11.9. The highest BCUT2D eigenvalue weighted by Gasteiger charge is 2.77. The van der Waals surface area contributed by atoms with Crippen LogP contribution in [0, 0.1) is 29.6 Å². The average molecular weight is 347 g/mol. The topological polar surface area (TPSA) is 42.1 Å². The van der Waals surface area contributed by atoms with Crippen LogP contribution in [0.2, 0.25) is 0 Å². The Balaban J connectivity index is 1.43. The van der Waals surface area contributed by atoms with Crippen LogP contribution in [0.4, 0.5) is 0 Å². The van der Waals surface area contributed by atoms with E-state index in [2.05, 4.69) is 25.7 Å². The van der Waals surface area contributed by atoms with Crippen molar-refractivity contribution < 1.29 is 14.3 Å². The number of carbonyl (C=O) groups excluding carboxylic acids is 1. The molecule has 1 spiro atoms. The zero-order chi connectivity index (χ0) is 17.4. The second-order valence-electron chi connectivity index (χ2n) is 10.0. The maximum atomic E-state index is 13.0. The fraction of sp³-hybridized carbons (Fsp3) is 0.952. The third-order valence-corrected chi connectivity index (χ3v) is 8.29. The Morgan fingerprint density at radius 1 is 1.16 bits per heavy atom. The number of epoxide rings is 1. The summed E-state index contributed by atoms with van der Waals surface area (Å²) in [4.78, 5) is 15.5. The van der Waals surface area contributed by atoms with E-state index in [-0.39, 0.29) is 29.2 Å². The van der Waals surface area contributed by atoms with Gasteiger partial charge in [-0.15, -0.1) is 0 Å². The van der Waals surface area contributed by atoms with Crippen molar-refractivity contribution >= 4 is 5.97 Å². The van der Waals surface area contributed by atoms with E-state index in [4.69, 9.17) is 9.47 Å². The van der Waals surface area contributed by atoms with Crippen LogP contribution in [0.1, 0.15) is 59.3 Å². The Bertz CT molecular complexity index is 579. The molecular formula is C21H33NO3. The predicted molar refractivity (Wildman–Crippen MR) is 95.0 cm³/mol. The second kappa shape index (κ2) is 5.45. The van der Waals surface area contributed by atoms with Gasteiger partial charge in [0.05, 0.1) is 11.5 Å². The molecular weight excluding hydrogens is 314 g/mol. The summed E-state index contributed by atoms with van der Waals surface area (Å²) in [6.45, 7) is 10.1. The van der Waals surface area contributed by atoms with Crippen LogP contribution < -0.4 is 0 Å². The van der Waals surface area contributed by atoms with E-state index in [1.54, 1.807) is 0 Å². The maximum absolute atomic E-state index is 13.0. The van der Waals surface area contributed by atoms with Crippen molar-refractivity contribution in [3.8, 4) is 0 Å². The summed E-state index contributed by atoms with van der Waals surface area (Å²) in [5.41, 5.74) is -0.339. The van der Waals surface area contributed by atoms with Crippen LogP contribution in [-0.4, -0.2) is 47.8 Å². The number of rotatable bonds is 2. The Morgan fingerprint density at radius 2 is 2.00 bits per heavy atom. The van der Waals surface area contributed by atoms with E-state index in [0.717, 1.165) is 44.8 Å². The van der Waals surface area contributed by atoms with E-state index >= 15 is 0 Å². The lowest BCUT2D eigenvalue weighted by Gasteiger charge is -2.50. The van der Waals surface area contributed by atoms with E-state index < -0.39 is 0 Å². The predicted octanol–water partition coefficient (Wildman–Crippen LogP) is 3.24. The summed E-state index contributed by atoms with van der Waals surface area (Å²) >= 11 is 0. The van der Waals surface area contributed by atoms with Gasteiger partial charge in [-0.2, -0.15) is 0 Å². The van der Waals surface area contributed by atoms with Crippen LogP contribution in [0.5, 0.6) is 0 Å². The highest BCUT2D eigenvalue weighted by Crippen LogP contribution is 2.66. The molecule has 2 saturated carbocycles. The smallest absolute Gasteiger partial charge is 0.311 e. The van der Waals surface area contributed by atoms with Gasteiger partial charge >= 0.3 is 5.97 Å². The molecule has 0 radical (unpaired) electrons. The van der Waals surface area contributed by atoms with E-state index in [1.807, 2.05) is 0 Å². The summed E-state index contributed by atoms with van der Waals surface area (Å²) in [6.07, 6.45) is 7.41. The van der Waals surface area contributed by atoms with Crippen LogP contribution >= 0.6 is 0 Å². The fourth-order valence-electron chi connectivity index (χ4n) is 6.99. The van der Waals surface area contributed by atoms with Crippen molar-refractivity contribution in [1.29, 1.82) is 0 Å². The van der Waals surface area contributed by atoms with E-state index in [9.17, 15) is 4.79 Å². The van der Waals surface area contributed by atoms with Gasteiger partial charge in [0.15, 0.2) is 0 Å². The lowest BCUT2D eigenvalue weighted by Crippen LogP contribution is -2.58. The summed E-state index contributed by atoms with van der Waals surface area (Å²) in [5.74, 6) is 2.40. The molecule has 25 heavy (non-hydrogen) atoms. The Kier molecular flexibility index (Phi) is 3.61. The molecule has 4 heteroatoms. The van der Waals surface area contributed by atoms with Gasteiger partial charge in [0, 0.05) is 24.9 Å². The molecule has 0 N–H and O–H groups in total. The van der Waals surface area contributed by atoms with Crippen molar-refractivity contribution in [3.05, 3.63) is 0 Å². The molecule has 5 rings (SSSR count). The molecule has 3 saturated heterocycles. The number of esters is 1. The van der Waals surface area contributed by atoms with Crippen molar-refractivity contribution in [2.45, 2.75) is 76.6 Å². The van der Waals surface area contributed by atoms with Crippen LogP contribution in [0.15, 0.2) is 0 Å². The quantitative estimate of drug-likeness (QED) is 0.568. The molecule has 0 aromatic heterocycles. The van der Waals surface area contributed by atoms with Gasteiger partial charge in [-0.1, -0.05) is 13.8 Å². The molecule has 3 aliphatic heterocycles. The van der Waals surface area contributed by atoms with Gasteiger partial charge in [0.25, 0.3) is 0 Å². The van der Waals surface area contributed by atoms with Crippen LogP contribution in [0.25, 0.3) is 0 Å². The average Bonchev–Trinajstić information content (AvgIpc) is 3.19. The normalized spacial score (nSPS) is 55.1. The summed E-state index contributed by atoms with van der Waals surface area (Å²) in [6, 6.07) is 0. The monoisotopic (exact) mass is 347 g/mol. The van der Waals surface area contributed by atoms with Crippen LogP contribution in [0.3, 0.4) is 0 Å². The van der Waals surface area contributed by atoms with Crippen molar-refractivity contribution in [2.24, 2.45) is 29.6 Å². The molecule has 5 fully saturated rings. The molecule has 0 aromatic carbocycles. The second-order valence-corrected chi connectivity index (χ2v) is 10.0. The van der Waals surface area contributed by atoms with Crippen molar-refractivity contribution in [2.75, 3.05) is 19.6 Å². The van der Waals surface area contributed by atoms with Gasteiger partial charge in [0.2, 0.25) is 0 Å². The van der Waals surface area contributed by atoms with E-state index in [1.165, 1.54) is 19.3 Å². The SMILES string of the molecule is C[C@@H]1CCCN(C[C@H]2C(=O)O[C@@]34[C@@H](CC[C@@]5(C)O[C@@H]35)[C@H](C)CC[C@@H]24)C1. The number of carbonyl (C=O) groups is 1. The van der Waals surface area contributed by atoms with E-state index in [0.29, 0.717) is 17.8 Å². The van der Waals surface area contributed by atoms with Gasteiger partial charge in [-0.25, -0.2) is 0 Å². The maximum Gasteiger partial charge on any atom is 0.311 e. The zero-order valence-corrected chi connectivity index (χ0v) is 16.0. The Hall–Kier alpha value is -0.610. The zero-order valence-electron chi connectivity index (χ0n) is 16.0. The standard InChI is InChI=1S/C21H33NO3/c1-13-5-4-10-22(11-13)12-15-17-7-6-14(2)16-8-9-20(3)19(25-20)21(16,17)24-18(15)23/h13-17,19H,4-12H2,1-3H3/t13-,14-,15-,16+,17+,19-,20-,21-/m1/s1. The minimum absolute atomic E-state index is 0.0272. The summed E-state index contributed by atoms with van der Waals surface area (Å²) < 4.78 is 12.5. The van der Waals surface area contributed by atoms with Crippen molar-refractivity contribution in [3.63, 3.8) is 0 Å². The number of piperidine rings is 1. The molecule has 2 aliphatic carbocycles. The molecule has 0 bridgehead atoms. The van der Waals surface area contributed by atoms with Gasteiger partial charge in [-0.3, -0.25) is 4.79 Å². The van der Waals surface area contributed by atoms with Gasteiger partial charge in [0.1, 0.15) is 11.7 Å². The number of ether oxygens (including phenoxy) is 2. The molecule has 0 unspecified atom stereocenters. The molecule has 140 valence electrons. The van der Waals surface area contributed by atoms with Gasteiger partial charge < -0.3 is 14.4 Å². The van der Waals surface area contributed by atoms with Crippen molar-refractivity contribution in [1.82, 2.24) is 4.90 Å². The lowest BCUT2D eigenvalue weighted by atomic mass is 9.55. The molecule has 5 aliphatic rings. The Morgan fingerprint density at radius 3 is 2.80 bits per heavy atom. The highest BCUT2D eigenvalue weighted by molar-refractivity contribution is 5.77. The third-order valence-electron chi connectivity index (χ3n) is 8.29. The number of hydrogen-bond donors (Lipinski definition) is 0. The number of fused-ring (bicyclic) bond motifs is 1. The largest absolute Gasteiger partial charge is 0.455 e.